The maximum absolute atomic E-state index is 12.3. The number of nitrogens with zero attached hydrogens (tertiary/aromatic N) is 1. The van der Waals surface area contributed by atoms with Crippen LogP contribution in [0.4, 0.5) is 0 Å². The number of carbonyl (C=O) groups excluding carboxylic acids is 1. The van der Waals surface area contributed by atoms with Crippen molar-refractivity contribution in [1.82, 2.24) is 4.90 Å². The fraction of sp³-hybridized carbons (Fsp3) is 0.909. The standard InChI is InChI=1S/C11H20N2O3/c1-15-9-2-5-13(8-9)10(14)11(12)3-6-16-7-4-11/h9H,2-8,12H2,1H3. The van der Waals surface area contributed by atoms with Crippen LogP contribution in [0.2, 0.25) is 0 Å². The molecule has 92 valence electrons. The molecule has 0 radical (unpaired) electrons. The Balaban J connectivity index is 1.96. The van der Waals surface area contributed by atoms with Crippen molar-refractivity contribution in [2.24, 2.45) is 5.73 Å². The van der Waals surface area contributed by atoms with E-state index in [2.05, 4.69) is 0 Å². The predicted molar refractivity (Wildman–Crippen MR) is 59.0 cm³/mol. The maximum atomic E-state index is 12.3. The van der Waals surface area contributed by atoms with Gasteiger partial charge >= 0.3 is 0 Å². The molecule has 2 aliphatic rings. The zero-order chi connectivity index (χ0) is 11.6. The summed E-state index contributed by atoms with van der Waals surface area (Å²) in [6.07, 6.45) is 2.34. The molecule has 5 nitrogen and oxygen atoms in total. The van der Waals surface area contributed by atoms with Crippen molar-refractivity contribution < 1.29 is 14.3 Å². The summed E-state index contributed by atoms with van der Waals surface area (Å²) in [7, 11) is 1.69. The molecule has 0 bridgehead atoms. The molecule has 0 spiro atoms. The highest BCUT2D eigenvalue weighted by Crippen LogP contribution is 2.23. The SMILES string of the molecule is COC1CCN(C(=O)C2(N)CCOCC2)C1. The topological polar surface area (TPSA) is 64.8 Å². The van der Waals surface area contributed by atoms with E-state index in [1.165, 1.54) is 0 Å². The van der Waals surface area contributed by atoms with E-state index in [1.807, 2.05) is 4.90 Å². The van der Waals surface area contributed by atoms with Crippen molar-refractivity contribution in [1.29, 1.82) is 0 Å². The highest BCUT2D eigenvalue weighted by Gasteiger charge is 2.41. The van der Waals surface area contributed by atoms with Gasteiger partial charge in [0.15, 0.2) is 0 Å². The Bertz CT molecular complexity index is 264. The zero-order valence-corrected chi connectivity index (χ0v) is 9.78. The van der Waals surface area contributed by atoms with Gasteiger partial charge in [-0.2, -0.15) is 0 Å². The average Bonchev–Trinajstić information content (AvgIpc) is 2.77. The molecule has 5 heteroatoms. The third kappa shape index (κ3) is 2.21. The number of hydrogen-bond acceptors (Lipinski definition) is 4. The molecule has 0 aromatic carbocycles. The number of amides is 1. The van der Waals surface area contributed by atoms with E-state index in [1.54, 1.807) is 7.11 Å². The van der Waals surface area contributed by atoms with Crippen molar-refractivity contribution in [3.8, 4) is 0 Å². The Morgan fingerprint density at radius 3 is 2.75 bits per heavy atom. The van der Waals surface area contributed by atoms with Gasteiger partial charge in [-0.15, -0.1) is 0 Å². The second kappa shape index (κ2) is 4.69. The summed E-state index contributed by atoms with van der Waals surface area (Å²) in [5.41, 5.74) is 5.45. The van der Waals surface area contributed by atoms with Crippen LogP contribution in [0.3, 0.4) is 0 Å². The molecule has 0 aromatic rings. The molecule has 0 aromatic heterocycles. The monoisotopic (exact) mass is 228 g/mol. The van der Waals surface area contributed by atoms with Crippen LogP contribution in [0, 0.1) is 0 Å². The molecule has 2 fully saturated rings. The van der Waals surface area contributed by atoms with Gasteiger partial charge < -0.3 is 20.1 Å². The summed E-state index contributed by atoms with van der Waals surface area (Å²) >= 11 is 0. The van der Waals surface area contributed by atoms with E-state index in [-0.39, 0.29) is 12.0 Å². The van der Waals surface area contributed by atoms with E-state index in [0.29, 0.717) is 32.6 Å². The molecule has 1 atom stereocenters. The molecule has 2 N–H and O–H groups in total. The number of rotatable bonds is 2. The minimum atomic E-state index is -0.707. The first-order chi connectivity index (χ1) is 7.65. The van der Waals surface area contributed by atoms with Gasteiger partial charge in [-0.1, -0.05) is 0 Å². The van der Waals surface area contributed by atoms with Crippen molar-refractivity contribution in [3.63, 3.8) is 0 Å². The Labute approximate surface area is 95.9 Å². The first-order valence-corrected chi connectivity index (χ1v) is 5.84. The highest BCUT2D eigenvalue weighted by molar-refractivity contribution is 5.86. The number of likely N-dealkylation sites (tertiary alicyclic amines) is 1. The van der Waals surface area contributed by atoms with Crippen molar-refractivity contribution >= 4 is 5.91 Å². The highest BCUT2D eigenvalue weighted by atomic mass is 16.5. The number of nitrogens with two attached hydrogens (primary N) is 1. The molecule has 2 saturated heterocycles. The van der Waals surface area contributed by atoms with Gasteiger partial charge in [0.2, 0.25) is 5.91 Å². The normalized spacial score (nSPS) is 29.4. The van der Waals surface area contributed by atoms with Gasteiger partial charge in [-0.3, -0.25) is 4.79 Å². The minimum absolute atomic E-state index is 0.0651. The molecule has 1 unspecified atom stereocenters. The lowest BCUT2D eigenvalue weighted by Gasteiger charge is -2.35. The number of methoxy groups -OCH3 is 1. The van der Waals surface area contributed by atoms with E-state index in [0.717, 1.165) is 13.0 Å². The van der Waals surface area contributed by atoms with Crippen LogP contribution in [0.25, 0.3) is 0 Å². The van der Waals surface area contributed by atoms with Crippen LogP contribution in [-0.2, 0) is 14.3 Å². The third-order valence-electron chi connectivity index (χ3n) is 3.58. The fourth-order valence-corrected chi connectivity index (χ4v) is 2.37. The predicted octanol–water partition coefficient (Wildman–Crippen LogP) is -0.258. The molecule has 0 saturated carbocycles. The Kier molecular flexibility index (Phi) is 3.47. The number of ether oxygens (including phenoxy) is 2. The van der Waals surface area contributed by atoms with Crippen LogP contribution >= 0.6 is 0 Å². The van der Waals surface area contributed by atoms with Crippen LogP contribution in [0.15, 0.2) is 0 Å². The molecular formula is C11H20N2O3. The van der Waals surface area contributed by atoms with Gasteiger partial charge in [0.25, 0.3) is 0 Å². The Morgan fingerprint density at radius 1 is 1.50 bits per heavy atom. The van der Waals surface area contributed by atoms with Gasteiger partial charge in [-0.05, 0) is 19.3 Å². The largest absolute Gasteiger partial charge is 0.381 e. The molecule has 2 heterocycles. The second-order valence-electron chi connectivity index (χ2n) is 4.67. The molecule has 0 aliphatic carbocycles. The zero-order valence-electron chi connectivity index (χ0n) is 9.78. The quantitative estimate of drug-likeness (QED) is 0.707. The number of hydrogen-bond donors (Lipinski definition) is 1. The van der Waals surface area contributed by atoms with Crippen LogP contribution in [0.1, 0.15) is 19.3 Å². The lowest BCUT2D eigenvalue weighted by atomic mass is 9.90. The summed E-state index contributed by atoms with van der Waals surface area (Å²) in [6.45, 7) is 2.61. The van der Waals surface area contributed by atoms with Crippen LogP contribution in [0.5, 0.6) is 0 Å². The van der Waals surface area contributed by atoms with Gasteiger partial charge in [0.1, 0.15) is 0 Å². The van der Waals surface area contributed by atoms with E-state index in [4.69, 9.17) is 15.2 Å². The minimum Gasteiger partial charge on any atom is -0.381 e. The second-order valence-corrected chi connectivity index (χ2v) is 4.67. The number of carbonyl (C=O) groups is 1. The summed E-state index contributed by atoms with van der Waals surface area (Å²) in [5.74, 6) is 0.0651. The first-order valence-electron chi connectivity index (χ1n) is 5.84. The smallest absolute Gasteiger partial charge is 0.242 e. The molecular weight excluding hydrogens is 208 g/mol. The maximum Gasteiger partial charge on any atom is 0.242 e. The summed E-state index contributed by atoms with van der Waals surface area (Å²) in [6, 6.07) is 0. The lowest BCUT2D eigenvalue weighted by molar-refractivity contribution is -0.139. The van der Waals surface area contributed by atoms with Crippen LogP contribution < -0.4 is 5.73 Å². The molecule has 2 rings (SSSR count). The van der Waals surface area contributed by atoms with E-state index < -0.39 is 5.54 Å². The van der Waals surface area contributed by atoms with Crippen LogP contribution in [-0.4, -0.2) is 55.9 Å². The Hall–Kier alpha value is -0.650. The first kappa shape index (κ1) is 11.8. The Morgan fingerprint density at radius 2 is 2.19 bits per heavy atom. The fourth-order valence-electron chi connectivity index (χ4n) is 2.37. The molecule has 1 amide bonds. The van der Waals surface area contributed by atoms with E-state index in [9.17, 15) is 4.79 Å². The van der Waals surface area contributed by atoms with Gasteiger partial charge in [0, 0.05) is 33.4 Å². The molecule has 2 aliphatic heterocycles. The van der Waals surface area contributed by atoms with Gasteiger partial charge in [-0.25, -0.2) is 0 Å². The van der Waals surface area contributed by atoms with Gasteiger partial charge in [0.05, 0.1) is 11.6 Å². The van der Waals surface area contributed by atoms with E-state index >= 15 is 0 Å². The summed E-state index contributed by atoms with van der Waals surface area (Å²) in [4.78, 5) is 14.1. The van der Waals surface area contributed by atoms with Crippen molar-refractivity contribution in [3.05, 3.63) is 0 Å². The average molecular weight is 228 g/mol. The lowest BCUT2D eigenvalue weighted by Crippen LogP contribution is -2.57. The summed E-state index contributed by atoms with van der Waals surface area (Å²) in [5, 5.41) is 0. The van der Waals surface area contributed by atoms with Crippen molar-refractivity contribution in [2.75, 3.05) is 33.4 Å². The van der Waals surface area contributed by atoms with Crippen molar-refractivity contribution in [2.45, 2.75) is 30.9 Å². The molecule has 16 heavy (non-hydrogen) atoms. The third-order valence-corrected chi connectivity index (χ3v) is 3.58. The summed E-state index contributed by atoms with van der Waals surface area (Å²) < 4.78 is 10.5.